The van der Waals surface area contributed by atoms with Crippen molar-refractivity contribution in [3.05, 3.63) is 36.3 Å². The fraction of sp³-hybridized carbons (Fsp3) is 0.200. The van der Waals surface area contributed by atoms with Crippen LogP contribution in [0.25, 0.3) is 11.0 Å². The highest BCUT2D eigenvalue weighted by atomic mass is 16.1. The SMILES string of the molecule is CC(=O)Nc1ccc(Nc2ncnc3c(C)n(C)nc23)cc1. The lowest BCUT2D eigenvalue weighted by molar-refractivity contribution is -0.114. The first-order valence-corrected chi connectivity index (χ1v) is 6.83. The molecular formula is C15H16N6O. The summed E-state index contributed by atoms with van der Waals surface area (Å²) in [5, 5.41) is 10.4. The van der Waals surface area contributed by atoms with Gasteiger partial charge in [-0.2, -0.15) is 5.10 Å². The van der Waals surface area contributed by atoms with E-state index in [1.54, 1.807) is 4.68 Å². The van der Waals surface area contributed by atoms with Crippen LogP contribution in [0.5, 0.6) is 0 Å². The number of fused-ring (bicyclic) bond motifs is 1. The van der Waals surface area contributed by atoms with Crippen molar-refractivity contribution >= 4 is 34.1 Å². The maximum Gasteiger partial charge on any atom is 0.221 e. The van der Waals surface area contributed by atoms with Gasteiger partial charge in [-0.15, -0.1) is 0 Å². The molecule has 0 saturated heterocycles. The number of amides is 1. The van der Waals surface area contributed by atoms with E-state index in [1.165, 1.54) is 13.3 Å². The smallest absolute Gasteiger partial charge is 0.221 e. The number of aromatic nitrogens is 4. The van der Waals surface area contributed by atoms with Crippen molar-refractivity contribution in [1.82, 2.24) is 19.7 Å². The van der Waals surface area contributed by atoms with Crippen LogP contribution in [0.3, 0.4) is 0 Å². The largest absolute Gasteiger partial charge is 0.338 e. The molecule has 7 heteroatoms. The molecule has 0 unspecified atom stereocenters. The van der Waals surface area contributed by atoms with E-state index >= 15 is 0 Å². The van der Waals surface area contributed by atoms with E-state index in [-0.39, 0.29) is 5.91 Å². The molecule has 112 valence electrons. The molecule has 0 aliphatic rings. The Morgan fingerprint density at radius 2 is 1.77 bits per heavy atom. The average Bonchev–Trinajstić information content (AvgIpc) is 2.77. The average molecular weight is 296 g/mol. The molecule has 22 heavy (non-hydrogen) atoms. The summed E-state index contributed by atoms with van der Waals surface area (Å²) in [6.45, 7) is 3.45. The van der Waals surface area contributed by atoms with Gasteiger partial charge >= 0.3 is 0 Å². The van der Waals surface area contributed by atoms with Crippen LogP contribution < -0.4 is 10.6 Å². The predicted octanol–water partition coefficient (Wildman–Crippen LogP) is 2.37. The van der Waals surface area contributed by atoms with Crippen molar-refractivity contribution in [1.29, 1.82) is 0 Å². The molecule has 0 aliphatic heterocycles. The Hall–Kier alpha value is -2.96. The van der Waals surface area contributed by atoms with Gasteiger partial charge in [0.05, 0.1) is 5.69 Å². The van der Waals surface area contributed by atoms with E-state index in [0.717, 1.165) is 28.1 Å². The molecule has 0 spiro atoms. The number of benzene rings is 1. The van der Waals surface area contributed by atoms with Crippen molar-refractivity contribution < 1.29 is 4.79 Å². The number of nitrogens with zero attached hydrogens (tertiary/aromatic N) is 4. The maximum atomic E-state index is 11.0. The first-order chi connectivity index (χ1) is 10.5. The fourth-order valence-electron chi connectivity index (χ4n) is 2.18. The maximum absolute atomic E-state index is 11.0. The van der Waals surface area contributed by atoms with Gasteiger partial charge in [-0.05, 0) is 31.2 Å². The zero-order chi connectivity index (χ0) is 15.7. The van der Waals surface area contributed by atoms with E-state index in [4.69, 9.17) is 0 Å². The Bertz CT molecular complexity index is 837. The number of aryl methyl sites for hydroxylation is 2. The number of nitrogens with one attached hydrogen (secondary N) is 2. The topological polar surface area (TPSA) is 84.7 Å². The molecule has 1 aromatic carbocycles. The molecule has 2 N–H and O–H groups in total. The van der Waals surface area contributed by atoms with Crippen LogP contribution in [0.2, 0.25) is 0 Å². The van der Waals surface area contributed by atoms with Gasteiger partial charge in [0, 0.05) is 25.3 Å². The zero-order valence-corrected chi connectivity index (χ0v) is 12.6. The normalized spacial score (nSPS) is 10.7. The molecule has 0 radical (unpaired) electrons. The van der Waals surface area contributed by atoms with Gasteiger partial charge < -0.3 is 10.6 Å². The quantitative estimate of drug-likeness (QED) is 0.775. The Balaban J connectivity index is 1.90. The highest BCUT2D eigenvalue weighted by molar-refractivity contribution is 5.90. The number of hydrogen-bond acceptors (Lipinski definition) is 5. The Labute approximate surface area is 127 Å². The summed E-state index contributed by atoms with van der Waals surface area (Å²) >= 11 is 0. The number of hydrogen-bond donors (Lipinski definition) is 2. The van der Waals surface area contributed by atoms with E-state index in [2.05, 4.69) is 25.7 Å². The second-order valence-electron chi connectivity index (χ2n) is 5.01. The van der Waals surface area contributed by atoms with Crippen LogP contribution >= 0.6 is 0 Å². The second kappa shape index (κ2) is 5.44. The summed E-state index contributed by atoms with van der Waals surface area (Å²) < 4.78 is 1.78. The predicted molar refractivity (Wildman–Crippen MR) is 85.1 cm³/mol. The van der Waals surface area contributed by atoms with Crippen LogP contribution in [0.15, 0.2) is 30.6 Å². The Kier molecular flexibility index (Phi) is 3.46. The van der Waals surface area contributed by atoms with Crippen molar-refractivity contribution in [2.75, 3.05) is 10.6 Å². The highest BCUT2D eigenvalue weighted by Gasteiger charge is 2.11. The molecule has 1 amide bonds. The Morgan fingerprint density at radius 3 is 2.45 bits per heavy atom. The lowest BCUT2D eigenvalue weighted by Crippen LogP contribution is -2.05. The van der Waals surface area contributed by atoms with Gasteiger partial charge in [-0.1, -0.05) is 0 Å². The summed E-state index contributed by atoms with van der Waals surface area (Å²) in [5.74, 6) is 0.558. The monoisotopic (exact) mass is 296 g/mol. The van der Waals surface area contributed by atoms with Crippen LogP contribution in [0.4, 0.5) is 17.2 Å². The molecule has 0 atom stereocenters. The highest BCUT2D eigenvalue weighted by Crippen LogP contribution is 2.24. The summed E-state index contributed by atoms with van der Waals surface area (Å²) in [6, 6.07) is 7.39. The summed E-state index contributed by atoms with van der Waals surface area (Å²) in [5.41, 5.74) is 4.15. The third-order valence-corrected chi connectivity index (χ3v) is 3.37. The van der Waals surface area contributed by atoms with Crippen LogP contribution in [-0.2, 0) is 11.8 Å². The molecule has 0 bridgehead atoms. The van der Waals surface area contributed by atoms with Crippen LogP contribution in [-0.4, -0.2) is 25.7 Å². The van der Waals surface area contributed by atoms with E-state index in [9.17, 15) is 4.79 Å². The molecule has 3 aromatic rings. The van der Waals surface area contributed by atoms with Crippen LogP contribution in [0, 0.1) is 6.92 Å². The molecule has 2 heterocycles. The number of carbonyl (C=O) groups excluding carboxylic acids is 1. The first kappa shape index (κ1) is 14.0. The first-order valence-electron chi connectivity index (χ1n) is 6.83. The summed E-state index contributed by atoms with van der Waals surface area (Å²) in [6.07, 6.45) is 1.52. The van der Waals surface area contributed by atoms with Crippen molar-refractivity contribution in [3.63, 3.8) is 0 Å². The Morgan fingerprint density at radius 1 is 1.09 bits per heavy atom. The van der Waals surface area contributed by atoms with Gasteiger partial charge in [-0.3, -0.25) is 9.48 Å². The molecule has 7 nitrogen and oxygen atoms in total. The number of anilines is 3. The van der Waals surface area contributed by atoms with Crippen LogP contribution in [0.1, 0.15) is 12.6 Å². The minimum Gasteiger partial charge on any atom is -0.338 e. The fourth-order valence-corrected chi connectivity index (χ4v) is 2.18. The standard InChI is InChI=1S/C15H16N6O/c1-9-13-14(20-21(9)3)15(17-8-16-13)19-12-6-4-11(5-7-12)18-10(2)22/h4-8H,1-3H3,(H,18,22)(H,16,17,19). The van der Waals surface area contributed by atoms with Gasteiger partial charge in [0.15, 0.2) is 11.3 Å². The van der Waals surface area contributed by atoms with Crippen molar-refractivity contribution in [2.24, 2.45) is 7.05 Å². The lowest BCUT2D eigenvalue weighted by Gasteiger charge is -2.07. The van der Waals surface area contributed by atoms with Gasteiger partial charge in [0.25, 0.3) is 0 Å². The zero-order valence-electron chi connectivity index (χ0n) is 12.6. The minimum atomic E-state index is -0.0952. The molecule has 0 fully saturated rings. The summed E-state index contributed by atoms with van der Waals surface area (Å²) in [7, 11) is 1.88. The second-order valence-corrected chi connectivity index (χ2v) is 5.01. The van der Waals surface area contributed by atoms with Gasteiger partial charge in [-0.25, -0.2) is 9.97 Å². The summed E-state index contributed by atoms with van der Waals surface area (Å²) in [4.78, 5) is 19.5. The lowest BCUT2D eigenvalue weighted by atomic mass is 10.2. The molecule has 2 aromatic heterocycles. The van der Waals surface area contributed by atoms with Gasteiger partial charge in [0.1, 0.15) is 11.8 Å². The van der Waals surface area contributed by atoms with E-state index in [1.807, 2.05) is 38.2 Å². The third-order valence-electron chi connectivity index (χ3n) is 3.37. The molecular weight excluding hydrogens is 280 g/mol. The van der Waals surface area contributed by atoms with Gasteiger partial charge in [0.2, 0.25) is 5.91 Å². The minimum absolute atomic E-state index is 0.0952. The molecule has 3 rings (SSSR count). The molecule has 0 saturated carbocycles. The number of rotatable bonds is 3. The molecule has 0 aliphatic carbocycles. The van der Waals surface area contributed by atoms with Crippen molar-refractivity contribution in [3.8, 4) is 0 Å². The van der Waals surface area contributed by atoms with Crippen molar-refractivity contribution in [2.45, 2.75) is 13.8 Å². The van der Waals surface area contributed by atoms with E-state index in [0.29, 0.717) is 5.82 Å². The number of carbonyl (C=O) groups is 1. The van der Waals surface area contributed by atoms with E-state index < -0.39 is 0 Å². The third kappa shape index (κ3) is 2.60.